The molecule has 0 aliphatic carbocycles. The minimum Gasteiger partial charge on any atom is -0.340 e. The predicted molar refractivity (Wildman–Crippen MR) is 87.4 cm³/mol. The summed E-state index contributed by atoms with van der Waals surface area (Å²) in [6.07, 6.45) is 1.64. The summed E-state index contributed by atoms with van der Waals surface area (Å²) in [5.41, 5.74) is 0.754. The van der Waals surface area contributed by atoms with Crippen LogP contribution in [0, 0.1) is 5.82 Å². The van der Waals surface area contributed by atoms with E-state index in [1.807, 2.05) is 0 Å². The van der Waals surface area contributed by atoms with Gasteiger partial charge in [-0.05, 0) is 36.8 Å². The summed E-state index contributed by atoms with van der Waals surface area (Å²) in [4.78, 5) is 18.1. The van der Waals surface area contributed by atoms with Gasteiger partial charge in [0.2, 0.25) is 5.91 Å². The van der Waals surface area contributed by atoms with Crippen LogP contribution in [0.4, 0.5) is 4.39 Å². The molecule has 1 heterocycles. The third-order valence-electron chi connectivity index (χ3n) is 3.05. The van der Waals surface area contributed by atoms with Gasteiger partial charge in [0.1, 0.15) is 10.8 Å². The Balaban J connectivity index is 1.99. The van der Waals surface area contributed by atoms with Gasteiger partial charge in [-0.1, -0.05) is 35.5 Å². The molecule has 0 aliphatic rings. The molecule has 0 saturated heterocycles. The number of pyridine rings is 1. The van der Waals surface area contributed by atoms with E-state index in [4.69, 9.17) is 11.6 Å². The van der Waals surface area contributed by atoms with Crippen LogP contribution in [-0.4, -0.2) is 28.1 Å². The van der Waals surface area contributed by atoms with Crippen molar-refractivity contribution < 1.29 is 9.18 Å². The number of thioether (sulfide) groups is 1. The van der Waals surface area contributed by atoms with Gasteiger partial charge in [0.25, 0.3) is 0 Å². The van der Waals surface area contributed by atoms with Gasteiger partial charge >= 0.3 is 0 Å². The van der Waals surface area contributed by atoms with Crippen LogP contribution in [-0.2, 0) is 11.3 Å². The minimum atomic E-state index is -0.328. The number of halogens is 2. The Bertz CT molecular complexity index is 668. The summed E-state index contributed by atoms with van der Waals surface area (Å²) in [6.45, 7) is 2.16. The van der Waals surface area contributed by atoms with E-state index in [1.165, 1.54) is 23.9 Å². The molecule has 1 amide bonds. The van der Waals surface area contributed by atoms with E-state index >= 15 is 0 Å². The predicted octanol–water partition coefficient (Wildman–Crippen LogP) is 4.01. The highest BCUT2D eigenvalue weighted by molar-refractivity contribution is 8.00. The molecule has 1 aromatic carbocycles. The van der Waals surface area contributed by atoms with Crippen molar-refractivity contribution in [3.05, 3.63) is 59.0 Å². The van der Waals surface area contributed by atoms with E-state index in [0.717, 1.165) is 5.56 Å². The zero-order chi connectivity index (χ0) is 16.1. The Morgan fingerprint density at radius 2 is 2.18 bits per heavy atom. The standard InChI is InChI=1S/C16H16ClFN2OS/c1-11(22-15-14(17)7-4-8-19-15)16(21)20(2)10-12-5-3-6-13(18)9-12/h3-9,11H,10H2,1-2H3. The van der Waals surface area contributed by atoms with E-state index < -0.39 is 0 Å². The van der Waals surface area contributed by atoms with Crippen molar-refractivity contribution in [3.8, 4) is 0 Å². The molecule has 22 heavy (non-hydrogen) atoms. The van der Waals surface area contributed by atoms with Crippen molar-refractivity contribution in [2.45, 2.75) is 23.7 Å². The van der Waals surface area contributed by atoms with Gasteiger partial charge in [0.05, 0.1) is 10.3 Å². The van der Waals surface area contributed by atoms with Crippen molar-refractivity contribution in [2.75, 3.05) is 7.05 Å². The second kappa shape index (κ2) is 7.61. The van der Waals surface area contributed by atoms with Crippen LogP contribution in [0.15, 0.2) is 47.6 Å². The monoisotopic (exact) mass is 338 g/mol. The number of hydrogen-bond donors (Lipinski definition) is 0. The van der Waals surface area contributed by atoms with E-state index in [9.17, 15) is 9.18 Å². The Labute approximate surface area is 138 Å². The first kappa shape index (κ1) is 16.8. The number of amides is 1. The van der Waals surface area contributed by atoms with Crippen molar-refractivity contribution in [2.24, 2.45) is 0 Å². The molecule has 0 fully saturated rings. The summed E-state index contributed by atoms with van der Waals surface area (Å²) in [5.74, 6) is -0.364. The van der Waals surface area contributed by atoms with Crippen LogP contribution >= 0.6 is 23.4 Å². The number of rotatable bonds is 5. The third kappa shape index (κ3) is 4.45. The van der Waals surface area contributed by atoms with Gasteiger partial charge in [0, 0.05) is 19.8 Å². The molecule has 1 unspecified atom stereocenters. The normalized spacial score (nSPS) is 12.0. The van der Waals surface area contributed by atoms with Crippen LogP contribution in [0.1, 0.15) is 12.5 Å². The molecule has 0 aliphatic heterocycles. The zero-order valence-corrected chi connectivity index (χ0v) is 13.9. The summed E-state index contributed by atoms with van der Waals surface area (Å²) in [7, 11) is 1.70. The maximum absolute atomic E-state index is 13.2. The third-order valence-corrected chi connectivity index (χ3v) is 4.57. The lowest BCUT2D eigenvalue weighted by Gasteiger charge is -2.21. The van der Waals surface area contributed by atoms with Crippen molar-refractivity contribution in [3.63, 3.8) is 0 Å². The largest absolute Gasteiger partial charge is 0.340 e. The van der Waals surface area contributed by atoms with Crippen LogP contribution in [0.3, 0.4) is 0 Å². The summed E-state index contributed by atoms with van der Waals surface area (Å²) in [6, 6.07) is 9.72. The first-order chi connectivity index (χ1) is 10.5. The molecule has 0 spiro atoms. The highest BCUT2D eigenvalue weighted by Gasteiger charge is 2.20. The second-order valence-electron chi connectivity index (χ2n) is 4.87. The maximum atomic E-state index is 13.2. The smallest absolute Gasteiger partial charge is 0.235 e. The fourth-order valence-electron chi connectivity index (χ4n) is 1.97. The lowest BCUT2D eigenvalue weighted by molar-refractivity contribution is -0.129. The Hall–Kier alpha value is -1.59. The van der Waals surface area contributed by atoms with Crippen molar-refractivity contribution >= 4 is 29.3 Å². The van der Waals surface area contributed by atoms with Crippen molar-refractivity contribution in [1.82, 2.24) is 9.88 Å². The van der Waals surface area contributed by atoms with E-state index in [2.05, 4.69) is 4.98 Å². The highest BCUT2D eigenvalue weighted by atomic mass is 35.5. The fraction of sp³-hybridized carbons (Fsp3) is 0.250. The Kier molecular flexibility index (Phi) is 5.80. The number of hydrogen-bond acceptors (Lipinski definition) is 3. The molecule has 0 radical (unpaired) electrons. The Morgan fingerprint density at radius 1 is 1.41 bits per heavy atom. The number of aromatic nitrogens is 1. The van der Waals surface area contributed by atoms with Crippen LogP contribution in [0.25, 0.3) is 0 Å². The number of carbonyl (C=O) groups is 1. The first-order valence-electron chi connectivity index (χ1n) is 6.74. The SMILES string of the molecule is CC(Sc1ncccc1Cl)C(=O)N(C)Cc1cccc(F)c1. The number of nitrogens with zero attached hydrogens (tertiary/aromatic N) is 2. The molecule has 3 nitrogen and oxygen atoms in total. The topological polar surface area (TPSA) is 33.2 Å². The van der Waals surface area contributed by atoms with E-state index in [0.29, 0.717) is 16.6 Å². The van der Waals surface area contributed by atoms with Gasteiger partial charge in [0.15, 0.2) is 0 Å². The molecule has 1 aromatic heterocycles. The molecule has 0 bridgehead atoms. The summed E-state index contributed by atoms with van der Waals surface area (Å²) < 4.78 is 13.2. The zero-order valence-electron chi connectivity index (χ0n) is 12.3. The Morgan fingerprint density at radius 3 is 2.86 bits per heavy atom. The summed E-state index contributed by atoms with van der Waals surface area (Å²) in [5, 5.41) is 0.829. The molecular formula is C16H16ClFN2OS. The van der Waals surface area contributed by atoms with Gasteiger partial charge < -0.3 is 4.90 Å². The molecule has 2 aromatic rings. The van der Waals surface area contributed by atoms with Gasteiger partial charge in [-0.2, -0.15) is 0 Å². The minimum absolute atomic E-state index is 0.0593. The average Bonchev–Trinajstić information content (AvgIpc) is 2.48. The quantitative estimate of drug-likeness (QED) is 0.772. The number of carbonyl (C=O) groups excluding carboxylic acids is 1. The average molecular weight is 339 g/mol. The molecule has 6 heteroatoms. The molecule has 116 valence electrons. The van der Waals surface area contributed by atoms with Gasteiger partial charge in [-0.15, -0.1) is 0 Å². The molecule has 2 rings (SSSR count). The number of benzene rings is 1. The van der Waals surface area contributed by atoms with E-state index in [-0.39, 0.29) is 17.0 Å². The molecule has 0 saturated carbocycles. The van der Waals surface area contributed by atoms with Gasteiger partial charge in [-0.3, -0.25) is 4.79 Å². The first-order valence-corrected chi connectivity index (χ1v) is 7.99. The van der Waals surface area contributed by atoms with E-state index in [1.54, 1.807) is 49.3 Å². The molecule has 1 atom stereocenters. The van der Waals surface area contributed by atoms with Crippen LogP contribution < -0.4 is 0 Å². The second-order valence-corrected chi connectivity index (χ2v) is 6.61. The fourth-order valence-corrected chi connectivity index (χ4v) is 3.15. The highest BCUT2D eigenvalue weighted by Crippen LogP contribution is 2.28. The molecular weight excluding hydrogens is 323 g/mol. The summed E-state index contributed by atoms with van der Waals surface area (Å²) >= 11 is 7.36. The molecule has 0 N–H and O–H groups in total. The van der Waals surface area contributed by atoms with Gasteiger partial charge in [-0.25, -0.2) is 9.37 Å². The lowest BCUT2D eigenvalue weighted by Crippen LogP contribution is -2.32. The van der Waals surface area contributed by atoms with Crippen molar-refractivity contribution in [1.29, 1.82) is 0 Å². The van der Waals surface area contributed by atoms with Crippen LogP contribution in [0.2, 0.25) is 5.02 Å². The van der Waals surface area contributed by atoms with Crippen LogP contribution in [0.5, 0.6) is 0 Å². The maximum Gasteiger partial charge on any atom is 0.235 e. The lowest BCUT2D eigenvalue weighted by atomic mass is 10.2.